The van der Waals surface area contributed by atoms with Gasteiger partial charge in [0.15, 0.2) is 0 Å². The Balaban J connectivity index is 1.25. The predicted molar refractivity (Wildman–Crippen MR) is 198 cm³/mol. The van der Waals surface area contributed by atoms with Crippen molar-refractivity contribution in [2.75, 3.05) is 0 Å². The van der Waals surface area contributed by atoms with Crippen molar-refractivity contribution in [2.45, 2.75) is 0 Å². The molecule has 7 aromatic carbocycles. The van der Waals surface area contributed by atoms with Crippen LogP contribution >= 0.6 is 15.9 Å². The summed E-state index contributed by atoms with van der Waals surface area (Å²) in [5.74, 6) is 0. The number of rotatable bonds is 3. The molecule has 0 unspecified atom stereocenters. The van der Waals surface area contributed by atoms with Crippen LogP contribution in [0.1, 0.15) is 0 Å². The molecule has 0 saturated carbocycles. The van der Waals surface area contributed by atoms with E-state index in [2.05, 4.69) is 176 Å². The molecule has 2 N–H and O–H groups in total. The number of nitrogens with zero attached hydrogens (tertiary/aromatic N) is 1. The number of aromatic nitrogens is 3. The monoisotopic (exact) mass is 651 g/mol. The summed E-state index contributed by atoms with van der Waals surface area (Å²) in [6, 6.07) is 52.8. The van der Waals surface area contributed by atoms with E-state index in [1.807, 2.05) is 0 Å². The first-order chi connectivity index (χ1) is 22.7. The molecule has 0 radical (unpaired) electrons. The Labute approximate surface area is 272 Å². The zero-order valence-electron chi connectivity index (χ0n) is 24.7. The fourth-order valence-corrected chi connectivity index (χ4v) is 7.72. The Bertz CT molecular complexity index is 2640. The lowest BCUT2D eigenvalue weighted by atomic mass is 9.98. The van der Waals surface area contributed by atoms with Gasteiger partial charge in [-0.15, -0.1) is 0 Å². The van der Waals surface area contributed by atoms with Gasteiger partial charge in [0.05, 0.1) is 22.1 Å². The normalized spacial score (nSPS) is 12.0. The number of fused-ring (bicyclic) bond motifs is 9. The van der Waals surface area contributed by atoms with Crippen LogP contribution in [0.2, 0.25) is 0 Å². The molecule has 0 amide bonds. The summed E-state index contributed by atoms with van der Waals surface area (Å²) < 4.78 is 3.46. The lowest BCUT2D eigenvalue weighted by molar-refractivity contribution is 1.18. The summed E-state index contributed by atoms with van der Waals surface area (Å²) >= 11 is 3.63. The highest BCUT2D eigenvalue weighted by atomic mass is 79.9. The number of aromatic amines is 2. The summed E-state index contributed by atoms with van der Waals surface area (Å²) in [7, 11) is 0. The van der Waals surface area contributed by atoms with Gasteiger partial charge >= 0.3 is 0 Å². The van der Waals surface area contributed by atoms with Crippen LogP contribution in [0.4, 0.5) is 0 Å². The Morgan fingerprint density at radius 1 is 0.413 bits per heavy atom. The van der Waals surface area contributed by atoms with E-state index in [-0.39, 0.29) is 0 Å². The van der Waals surface area contributed by atoms with E-state index >= 15 is 0 Å². The molecule has 0 aliphatic carbocycles. The van der Waals surface area contributed by atoms with Crippen LogP contribution in [-0.4, -0.2) is 14.5 Å². The lowest BCUT2D eigenvalue weighted by Crippen LogP contribution is -1.93. The molecular formula is C42H26BrN3. The zero-order valence-corrected chi connectivity index (χ0v) is 26.3. The Morgan fingerprint density at radius 3 is 1.41 bits per heavy atom. The molecule has 3 nitrogen and oxygen atoms in total. The van der Waals surface area contributed by atoms with Crippen LogP contribution in [0.25, 0.3) is 93.4 Å². The van der Waals surface area contributed by atoms with Crippen molar-refractivity contribution in [1.29, 1.82) is 0 Å². The molecule has 0 aliphatic rings. The van der Waals surface area contributed by atoms with Gasteiger partial charge in [-0.3, -0.25) is 0 Å². The van der Waals surface area contributed by atoms with Crippen molar-refractivity contribution in [3.63, 3.8) is 0 Å². The van der Waals surface area contributed by atoms with E-state index in [1.54, 1.807) is 0 Å². The fourth-order valence-electron chi connectivity index (χ4n) is 7.45. The van der Waals surface area contributed by atoms with Crippen molar-refractivity contribution < 1.29 is 0 Å². The van der Waals surface area contributed by atoms with Crippen LogP contribution in [0.5, 0.6) is 0 Å². The van der Waals surface area contributed by atoms with Crippen molar-refractivity contribution in [3.05, 3.63) is 150 Å². The largest absolute Gasteiger partial charge is 0.354 e. The number of benzene rings is 7. The number of hydrogen-bond acceptors (Lipinski definition) is 0. The van der Waals surface area contributed by atoms with E-state index < -0.39 is 0 Å². The minimum absolute atomic E-state index is 1.07. The first-order valence-corrected chi connectivity index (χ1v) is 16.3. The first-order valence-electron chi connectivity index (χ1n) is 15.5. The third kappa shape index (κ3) is 3.71. The maximum absolute atomic E-state index is 3.71. The lowest BCUT2D eigenvalue weighted by Gasteiger charge is -2.09. The predicted octanol–water partition coefficient (Wildman–Crippen LogP) is 12.1. The summed E-state index contributed by atoms with van der Waals surface area (Å²) in [5, 5.41) is 7.47. The first kappa shape index (κ1) is 25.7. The van der Waals surface area contributed by atoms with Gasteiger partial charge in [-0.05, 0) is 71.8 Å². The molecule has 0 atom stereocenters. The molecule has 0 aliphatic heterocycles. The van der Waals surface area contributed by atoms with Gasteiger partial charge in [0, 0.05) is 64.6 Å². The average Bonchev–Trinajstić information content (AvgIpc) is 3.78. The number of hydrogen-bond donors (Lipinski definition) is 2. The number of para-hydroxylation sites is 4. The summed E-state index contributed by atoms with van der Waals surface area (Å²) in [6.45, 7) is 0. The van der Waals surface area contributed by atoms with Crippen molar-refractivity contribution in [2.24, 2.45) is 0 Å². The van der Waals surface area contributed by atoms with Gasteiger partial charge in [-0.2, -0.15) is 0 Å². The molecule has 4 heteroatoms. The van der Waals surface area contributed by atoms with Gasteiger partial charge < -0.3 is 14.5 Å². The SMILES string of the molecule is Brc1ccc(-n2c3ccc(-c4cccc5c4[nH]c4ccccc45)cc3c3cc(-c4cccc5c4[nH]c4ccccc45)ccc32)cc1. The van der Waals surface area contributed by atoms with E-state index in [1.165, 1.54) is 76.6 Å². The Morgan fingerprint density at radius 2 is 0.891 bits per heavy atom. The van der Waals surface area contributed by atoms with Crippen molar-refractivity contribution >= 4 is 81.3 Å². The van der Waals surface area contributed by atoms with E-state index in [0.29, 0.717) is 0 Å². The number of halogens is 1. The zero-order chi connectivity index (χ0) is 30.4. The van der Waals surface area contributed by atoms with Crippen molar-refractivity contribution in [1.82, 2.24) is 14.5 Å². The third-order valence-electron chi connectivity index (χ3n) is 9.55. The third-order valence-corrected chi connectivity index (χ3v) is 10.1. The highest BCUT2D eigenvalue weighted by Gasteiger charge is 2.17. The topological polar surface area (TPSA) is 36.5 Å². The van der Waals surface area contributed by atoms with Gasteiger partial charge in [0.2, 0.25) is 0 Å². The van der Waals surface area contributed by atoms with E-state index in [4.69, 9.17) is 0 Å². The fraction of sp³-hybridized carbons (Fsp3) is 0. The molecular weight excluding hydrogens is 626 g/mol. The molecule has 0 saturated heterocycles. The summed E-state index contributed by atoms with van der Waals surface area (Å²) in [5.41, 5.74) is 13.0. The van der Waals surface area contributed by atoms with Crippen LogP contribution in [0.3, 0.4) is 0 Å². The molecule has 3 aromatic heterocycles. The molecule has 0 fully saturated rings. The van der Waals surface area contributed by atoms with Gasteiger partial charge in [0.1, 0.15) is 0 Å². The Hall–Kier alpha value is -5.58. The smallest absolute Gasteiger partial charge is 0.0544 e. The maximum atomic E-state index is 3.71. The van der Waals surface area contributed by atoms with Crippen LogP contribution < -0.4 is 0 Å². The quantitative estimate of drug-likeness (QED) is 0.191. The van der Waals surface area contributed by atoms with Gasteiger partial charge in [-0.1, -0.05) is 101 Å². The van der Waals surface area contributed by atoms with Gasteiger partial charge in [-0.25, -0.2) is 0 Å². The van der Waals surface area contributed by atoms with Crippen LogP contribution in [0.15, 0.2) is 150 Å². The molecule has 0 bridgehead atoms. The molecule has 46 heavy (non-hydrogen) atoms. The highest BCUT2D eigenvalue weighted by Crippen LogP contribution is 2.41. The molecule has 0 spiro atoms. The second-order valence-corrected chi connectivity index (χ2v) is 13.0. The molecule has 10 rings (SSSR count). The molecule has 216 valence electrons. The van der Waals surface area contributed by atoms with Crippen molar-refractivity contribution in [3.8, 4) is 27.9 Å². The summed E-state index contributed by atoms with van der Waals surface area (Å²) in [6.07, 6.45) is 0. The standard InChI is InChI=1S/C42H26BrN3/c43-27-17-19-28(20-18-27)46-39-21-15-25(29-9-5-11-33-31-7-1-3-13-37(31)44-41(29)33)23-35(39)36-24-26(16-22-40(36)46)30-10-6-12-34-32-8-2-4-14-38(32)45-42(30)34/h1-24,44-45H. The number of H-pyrrole nitrogens is 2. The second kappa shape index (κ2) is 9.71. The highest BCUT2D eigenvalue weighted by molar-refractivity contribution is 9.10. The Kier molecular flexibility index (Phi) is 5.43. The van der Waals surface area contributed by atoms with Gasteiger partial charge in [0.25, 0.3) is 0 Å². The van der Waals surface area contributed by atoms with Crippen LogP contribution in [-0.2, 0) is 0 Å². The summed E-state index contributed by atoms with van der Waals surface area (Å²) in [4.78, 5) is 7.42. The second-order valence-electron chi connectivity index (χ2n) is 12.1. The van der Waals surface area contributed by atoms with E-state index in [0.717, 1.165) is 21.2 Å². The minimum Gasteiger partial charge on any atom is -0.354 e. The average molecular weight is 653 g/mol. The molecule has 10 aromatic rings. The molecule has 3 heterocycles. The number of nitrogens with one attached hydrogen (secondary N) is 2. The maximum Gasteiger partial charge on any atom is 0.0544 e. The minimum atomic E-state index is 1.07. The van der Waals surface area contributed by atoms with Crippen LogP contribution in [0, 0.1) is 0 Å². The van der Waals surface area contributed by atoms with E-state index in [9.17, 15) is 0 Å².